The van der Waals surface area contributed by atoms with Crippen LogP contribution in [0, 0.1) is 0 Å². The van der Waals surface area contributed by atoms with Gasteiger partial charge in [0, 0.05) is 22.0 Å². The Bertz CT molecular complexity index is 1160. The van der Waals surface area contributed by atoms with E-state index >= 15 is 0 Å². The number of carbonyl (C=O) groups is 1. The molecule has 0 saturated heterocycles. The summed E-state index contributed by atoms with van der Waals surface area (Å²) >= 11 is 6.05. The van der Waals surface area contributed by atoms with E-state index in [4.69, 9.17) is 22.1 Å². The number of H-pyrrole nitrogens is 1. The third-order valence-corrected chi connectivity index (χ3v) is 4.27. The maximum Gasteiger partial charge on any atom is 0.255 e. The standard InChI is InChI=1S/C20H16ClN5O2/c21-13-4-2-5-14(8-13)25-19-16-9-17(26-20(16)24-11-23-19)12-3-1-6-15(7-12)28-10-18(22)27/h1-9,11H,10H2,(H2,22,27)(H2,23,24,25,26). The van der Waals surface area contributed by atoms with E-state index in [9.17, 15) is 4.79 Å². The van der Waals surface area contributed by atoms with Crippen LogP contribution in [0.3, 0.4) is 0 Å². The van der Waals surface area contributed by atoms with Crippen molar-refractivity contribution >= 4 is 40.0 Å². The van der Waals surface area contributed by atoms with Crippen LogP contribution >= 0.6 is 11.6 Å². The second kappa shape index (κ2) is 7.58. The van der Waals surface area contributed by atoms with Crippen molar-refractivity contribution in [3.63, 3.8) is 0 Å². The highest BCUT2D eigenvalue weighted by molar-refractivity contribution is 6.30. The van der Waals surface area contributed by atoms with Crippen molar-refractivity contribution in [2.45, 2.75) is 0 Å². The van der Waals surface area contributed by atoms with E-state index < -0.39 is 5.91 Å². The molecular formula is C20H16ClN5O2. The van der Waals surface area contributed by atoms with Crippen molar-refractivity contribution in [1.29, 1.82) is 0 Å². The molecular weight excluding hydrogens is 378 g/mol. The Hall–Kier alpha value is -3.58. The van der Waals surface area contributed by atoms with Gasteiger partial charge in [-0.2, -0.15) is 0 Å². The molecule has 2 aromatic heterocycles. The van der Waals surface area contributed by atoms with Crippen LogP contribution in [0.15, 0.2) is 60.9 Å². The molecule has 8 heteroatoms. The number of ether oxygens (including phenoxy) is 1. The number of halogens is 1. The Morgan fingerprint density at radius 3 is 2.82 bits per heavy atom. The Morgan fingerprint density at radius 1 is 1.14 bits per heavy atom. The lowest BCUT2D eigenvalue weighted by molar-refractivity contribution is -0.119. The van der Waals surface area contributed by atoms with Gasteiger partial charge in [-0.1, -0.05) is 29.8 Å². The number of hydrogen-bond acceptors (Lipinski definition) is 5. The van der Waals surface area contributed by atoms with Gasteiger partial charge in [-0.05, 0) is 36.4 Å². The number of fused-ring (bicyclic) bond motifs is 1. The summed E-state index contributed by atoms with van der Waals surface area (Å²) in [6.07, 6.45) is 1.49. The number of primary amides is 1. The van der Waals surface area contributed by atoms with Crippen LogP contribution in [0.5, 0.6) is 5.75 Å². The molecule has 28 heavy (non-hydrogen) atoms. The van der Waals surface area contributed by atoms with Crippen molar-refractivity contribution in [2.75, 3.05) is 11.9 Å². The number of nitrogens with one attached hydrogen (secondary N) is 2. The number of aromatic nitrogens is 3. The number of nitrogens with zero attached hydrogens (tertiary/aromatic N) is 2. The molecule has 1 amide bonds. The van der Waals surface area contributed by atoms with Gasteiger partial charge in [-0.15, -0.1) is 0 Å². The van der Waals surface area contributed by atoms with E-state index in [2.05, 4.69) is 20.3 Å². The zero-order valence-electron chi connectivity index (χ0n) is 14.6. The van der Waals surface area contributed by atoms with Crippen LogP contribution in [0.25, 0.3) is 22.3 Å². The maximum absolute atomic E-state index is 10.9. The third-order valence-electron chi connectivity index (χ3n) is 4.04. The first kappa shape index (κ1) is 17.8. The Kier molecular flexibility index (Phi) is 4.82. The lowest BCUT2D eigenvalue weighted by Crippen LogP contribution is -2.19. The molecule has 0 atom stereocenters. The van der Waals surface area contributed by atoms with E-state index in [1.54, 1.807) is 6.07 Å². The molecule has 140 valence electrons. The van der Waals surface area contributed by atoms with Crippen LogP contribution in [0.4, 0.5) is 11.5 Å². The number of rotatable bonds is 6. The highest BCUT2D eigenvalue weighted by atomic mass is 35.5. The van der Waals surface area contributed by atoms with Gasteiger partial charge in [0.25, 0.3) is 5.91 Å². The smallest absolute Gasteiger partial charge is 0.255 e. The van der Waals surface area contributed by atoms with Gasteiger partial charge >= 0.3 is 0 Å². The minimum atomic E-state index is -0.525. The number of carbonyl (C=O) groups excluding carboxylic acids is 1. The number of anilines is 2. The van der Waals surface area contributed by atoms with Crippen LogP contribution in [-0.4, -0.2) is 27.5 Å². The summed E-state index contributed by atoms with van der Waals surface area (Å²) in [6.45, 7) is -0.171. The van der Waals surface area contributed by atoms with E-state index in [1.165, 1.54) is 6.33 Å². The monoisotopic (exact) mass is 393 g/mol. The maximum atomic E-state index is 10.9. The molecule has 4 aromatic rings. The first-order chi connectivity index (χ1) is 13.6. The molecule has 0 radical (unpaired) electrons. The molecule has 2 aromatic carbocycles. The number of nitrogens with two attached hydrogens (primary N) is 1. The highest BCUT2D eigenvalue weighted by Crippen LogP contribution is 2.30. The Morgan fingerprint density at radius 2 is 2.00 bits per heavy atom. The predicted octanol–water partition coefficient (Wildman–Crippen LogP) is 3.89. The number of aromatic amines is 1. The van der Waals surface area contributed by atoms with E-state index in [-0.39, 0.29) is 6.61 Å². The summed E-state index contributed by atoms with van der Waals surface area (Å²) in [7, 11) is 0. The molecule has 0 aliphatic rings. The van der Waals surface area contributed by atoms with Gasteiger partial charge in [-0.3, -0.25) is 4.79 Å². The lowest BCUT2D eigenvalue weighted by Gasteiger charge is -2.06. The fourth-order valence-electron chi connectivity index (χ4n) is 2.81. The topological polar surface area (TPSA) is 106 Å². The normalized spacial score (nSPS) is 10.8. The van der Waals surface area contributed by atoms with Crippen molar-refractivity contribution in [3.8, 4) is 17.0 Å². The van der Waals surface area contributed by atoms with Gasteiger partial charge < -0.3 is 20.8 Å². The molecule has 0 aliphatic carbocycles. The van der Waals surface area contributed by atoms with Gasteiger partial charge in [-0.25, -0.2) is 9.97 Å². The lowest BCUT2D eigenvalue weighted by atomic mass is 10.1. The summed E-state index contributed by atoms with van der Waals surface area (Å²) in [5.74, 6) is 0.692. The molecule has 2 heterocycles. The van der Waals surface area contributed by atoms with Crippen molar-refractivity contribution in [3.05, 3.63) is 65.9 Å². The van der Waals surface area contributed by atoms with Gasteiger partial charge in [0.2, 0.25) is 0 Å². The van der Waals surface area contributed by atoms with E-state index in [1.807, 2.05) is 48.5 Å². The van der Waals surface area contributed by atoms with Gasteiger partial charge in [0.1, 0.15) is 23.5 Å². The van der Waals surface area contributed by atoms with E-state index in [0.717, 1.165) is 22.3 Å². The van der Waals surface area contributed by atoms with Crippen LogP contribution in [-0.2, 0) is 4.79 Å². The van der Waals surface area contributed by atoms with Gasteiger partial charge in [0.05, 0.1) is 5.39 Å². The average molecular weight is 394 g/mol. The first-order valence-corrected chi connectivity index (χ1v) is 8.84. The molecule has 7 nitrogen and oxygen atoms in total. The molecule has 0 spiro atoms. The summed E-state index contributed by atoms with van der Waals surface area (Å²) in [5.41, 5.74) is 8.38. The molecule has 4 N–H and O–H groups in total. The van der Waals surface area contributed by atoms with Crippen LogP contribution in [0.1, 0.15) is 0 Å². The van der Waals surface area contributed by atoms with Crippen molar-refractivity contribution in [2.24, 2.45) is 5.73 Å². The second-order valence-electron chi connectivity index (χ2n) is 6.09. The van der Waals surface area contributed by atoms with Crippen LogP contribution < -0.4 is 15.8 Å². The fourth-order valence-corrected chi connectivity index (χ4v) is 3.00. The van der Waals surface area contributed by atoms with Gasteiger partial charge in [0.15, 0.2) is 6.61 Å². The minimum Gasteiger partial charge on any atom is -0.484 e. The molecule has 0 unspecified atom stereocenters. The number of benzene rings is 2. The predicted molar refractivity (Wildman–Crippen MR) is 109 cm³/mol. The summed E-state index contributed by atoms with van der Waals surface area (Å²) in [4.78, 5) is 22.8. The summed E-state index contributed by atoms with van der Waals surface area (Å²) in [6, 6.07) is 16.7. The number of amides is 1. The second-order valence-corrected chi connectivity index (χ2v) is 6.52. The first-order valence-electron chi connectivity index (χ1n) is 8.46. The van der Waals surface area contributed by atoms with Crippen LogP contribution in [0.2, 0.25) is 5.02 Å². The quantitative estimate of drug-likeness (QED) is 0.461. The number of hydrogen-bond donors (Lipinski definition) is 3. The Labute approximate surface area is 165 Å². The minimum absolute atomic E-state index is 0.171. The van der Waals surface area contributed by atoms with Crippen molar-refractivity contribution < 1.29 is 9.53 Å². The molecule has 0 saturated carbocycles. The summed E-state index contributed by atoms with van der Waals surface area (Å²) < 4.78 is 5.38. The Balaban J connectivity index is 1.67. The zero-order chi connectivity index (χ0) is 19.5. The zero-order valence-corrected chi connectivity index (χ0v) is 15.4. The largest absolute Gasteiger partial charge is 0.484 e. The average Bonchev–Trinajstić information content (AvgIpc) is 3.12. The SMILES string of the molecule is NC(=O)COc1cccc(-c2cc3c(Nc4cccc(Cl)c4)ncnc3[nH]2)c1. The molecule has 0 bridgehead atoms. The molecule has 4 rings (SSSR count). The van der Waals surface area contributed by atoms with E-state index in [0.29, 0.717) is 22.2 Å². The highest BCUT2D eigenvalue weighted by Gasteiger charge is 2.11. The fraction of sp³-hybridized carbons (Fsp3) is 0.0500. The molecule has 0 fully saturated rings. The third kappa shape index (κ3) is 3.89. The summed E-state index contributed by atoms with van der Waals surface area (Å²) in [5, 5.41) is 4.74. The molecule has 0 aliphatic heterocycles. The van der Waals surface area contributed by atoms with Crippen molar-refractivity contribution in [1.82, 2.24) is 15.0 Å².